The van der Waals surface area contributed by atoms with Gasteiger partial charge in [0.25, 0.3) is 15.9 Å². The van der Waals surface area contributed by atoms with E-state index in [-0.39, 0.29) is 10.5 Å². The van der Waals surface area contributed by atoms with Gasteiger partial charge >= 0.3 is 0 Å². The SMILES string of the molecule is O=C(NNc1ccc(F)c(F)c1F)c1ccc(S(=O)(=O)Nc2ccc(Cl)cc2)cc1. The van der Waals surface area contributed by atoms with Crippen LogP contribution in [0.2, 0.25) is 5.02 Å². The third-order valence-electron chi connectivity index (χ3n) is 3.87. The fourth-order valence-corrected chi connectivity index (χ4v) is 3.52. The number of rotatable bonds is 6. The minimum atomic E-state index is -3.91. The molecule has 0 aliphatic heterocycles. The van der Waals surface area contributed by atoms with Crippen LogP contribution in [-0.2, 0) is 10.0 Å². The van der Waals surface area contributed by atoms with Gasteiger partial charge in [-0.15, -0.1) is 0 Å². The largest absolute Gasteiger partial charge is 0.295 e. The van der Waals surface area contributed by atoms with Gasteiger partial charge in [0.05, 0.1) is 10.6 Å². The lowest BCUT2D eigenvalue weighted by Gasteiger charge is -2.11. The number of carbonyl (C=O) groups is 1. The minimum absolute atomic E-state index is 0.0379. The molecule has 30 heavy (non-hydrogen) atoms. The topological polar surface area (TPSA) is 87.3 Å². The molecule has 3 aromatic rings. The molecule has 156 valence electrons. The van der Waals surface area contributed by atoms with Crippen LogP contribution in [0, 0.1) is 17.5 Å². The molecule has 0 radical (unpaired) electrons. The Morgan fingerprint density at radius 3 is 2.10 bits per heavy atom. The van der Waals surface area contributed by atoms with Crippen LogP contribution >= 0.6 is 11.6 Å². The first kappa shape index (κ1) is 21.5. The Balaban J connectivity index is 1.68. The summed E-state index contributed by atoms with van der Waals surface area (Å²) in [6.45, 7) is 0. The maximum absolute atomic E-state index is 13.6. The van der Waals surface area contributed by atoms with E-state index in [9.17, 15) is 26.4 Å². The van der Waals surface area contributed by atoms with Gasteiger partial charge in [-0.05, 0) is 60.7 Å². The number of carbonyl (C=O) groups excluding carboxylic acids is 1. The number of hydrazine groups is 1. The van der Waals surface area contributed by atoms with E-state index in [1.165, 1.54) is 48.5 Å². The number of hydrogen-bond donors (Lipinski definition) is 3. The zero-order valence-corrected chi connectivity index (χ0v) is 16.5. The highest BCUT2D eigenvalue weighted by Gasteiger charge is 2.17. The van der Waals surface area contributed by atoms with Crippen molar-refractivity contribution >= 4 is 38.9 Å². The van der Waals surface area contributed by atoms with Gasteiger partial charge in [-0.25, -0.2) is 21.6 Å². The molecule has 11 heteroatoms. The number of halogens is 4. The zero-order chi connectivity index (χ0) is 21.9. The van der Waals surface area contributed by atoms with Crippen molar-refractivity contribution in [3.63, 3.8) is 0 Å². The summed E-state index contributed by atoms with van der Waals surface area (Å²) in [5.41, 5.74) is 4.11. The summed E-state index contributed by atoms with van der Waals surface area (Å²) < 4.78 is 66.9. The number of sulfonamides is 1. The molecule has 0 saturated carbocycles. The molecule has 0 aromatic heterocycles. The fourth-order valence-electron chi connectivity index (χ4n) is 2.34. The van der Waals surface area contributed by atoms with Crippen LogP contribution in [0.3, 0.4) is 0 Å². The van der Waals surface area contributed by atoms with E-state index in [0.717, 1.165) is 6.07 Å². The van der Waals surface area contributed by atoms with Crippen LogP contribution < -0.4 is 15.6 Å². The summed E-state index contributed by atoms with van der Waals surface area (Å²) in [5, 5.41) is 0.449. The van der Waals surface area contributed by atoms with Crippen molar-refractivity contribution in [2.45, 2.75) is 4.90 Å². The summed E-state index contributed by atoms with van der Waals surface area (Å²) >= 11 is 5.76. The Morgan fingerprint density at radius 2 is 1.47 bits per heavy atom. The molecule has 0 fully saturated rings. The molecule has 0 atom stereocenters. The summed E-state index contributed by atoms with van der Waals surface area (Å²) in [6, 6.07) is 12.5. The molecule has 1 amide bonds. The molecule has 6 nitrogen and oxygen atoms in total. The van der Waals surface area contributed by atoms with Crippen molar-refractivity contribution in [3.05, 3.63) is 88.7 Å². The van der Waals surface area contributed by atoms with Crippen LogP contribution in [-0.4, -0.2) is 14.3 Å². The van der Waals surface area contributed by atoms with E-state index in [0.29, 0.717) is 16.8 Å². The van der Waals surface area contributed by atoms with Gasteiger partial charge in [0, 0.05) is 16.3 Å². The van der Waals surface area contributed by atoms with Crippen molar-refractivity contribution in [3.8, 4) is 0 Å². The minimum Gasteiger partial charge on any atom is -0.295 e. The molecule has 3 N–H and O–H groups in total. The summed E-state index contributed by atoms with van der Waals surface area (Å²) in [5.74, 6) is -5.30. The predicted octanol–water partition coefficient (Wildman–Crippen LogP) is 4.32. The lowest BCUT2D eigenvalue weighted by Crippen LogP contribution is -2.30. The Morgan fingerprint density at radius 1 is 0.833 bits per heavy atom. The summed E-state index contributed by atoms with van der Waals surface area (Å²) in [7, 11) is -3.91. The first-order chi connectivity index (χ1) is 14.2. The van der Waals surface area contributed by atoms with E-state index in [4.69, 9.17) is 11.6 Å². The van der Waals surface area contributed by atoms with Crippen LogP contribution in [0.25, 0.3) is 0 Å². The van der Waals surface area contributed by atoms with E-state index >= 15 is 0 Å². The van der Waals surface area contributed by atoms with Gasteiger partial charge in [-0.1, -0.05) is 11.6 Å². The van der Waals surface area contributed by atoms with Gasteiger partial charge in [-0.2, -0.15) is 0 Å². The summed E-state index contributed by atoms with van der Waals surface area (Å²) in [4.78, 5) is 12.0. The lowest BCUT2D eigenvalue weighted by molar-refractivity contribution is 0.0962. The van der Waals surface area contributed by atoms with E-state index < -0.39 is 39.1 Å². The number of hydrogen-bond acceptors (Lipinski definition) is 4. The third-order valence-corrected chi connectivity index (χ3v) is 5.52. The van der Waals surface area contributed by atoms with Crippen LogP contribution in [0.5, 0.6) is 0 Å². The van der Waals surface area contributed by atoms with Gasteiger partial charge in [-0.3, -0.25) is 20.4 Å². The van der Waals surface area contributed by atoms with E-state index in [1.54, 1.807) is 0 Å². The predicted molar refractivity (Wildman–Crippen MR) is 106 cm³/mol. The standard InChI is InChI=1S/C19H13ClF3N3O3S/c20-12-3-5-13(6-4-12)26-30(28,29)14-7-1-11(2-8-14)19(27)25-24-16-10-9-15(21)17(22)18(16)23/h1-10,24,26H,(H,25,27). The fraction of sp³-hybridized carbons (Fsp3) is 0. The molecule has 0 bridgehead atoms. The van der Waals surface area contributed by atoms with Gasteiger partial charge in [0.15, 0.2) is 17.5 Å². The second kappa shape index (κ2) is 8.64. The lowest BCUT2D eigenvalue weighted by atomic mass is 10.2. The number of anilines is 2. The van der Waals surface area contributed by atoms with Crippen LogP contribution in [0.15, 0.2) is 65.6 Å². The van der Waals surface area contributed by atoms with Crippen molar-refractivity contribution in [2.24, 2.45) is 0 Å². The van der Waals surface area contributed by atoms with Gasteiger partial charge < -0.3 is 0 Å². The number of nitrogens with one attached hydrogen (secondary N) is 3. The van der Waals surface area contributed by atoms with Gasteiger partial charge in [0.1, 0.15) is 0 Å². The molecule has 0 spiro atoms. The highest BCUT2D eigenvalue weighted by molar-refractivity contribution is 7.92. The molecule has 0 unspecified atom stereocenters. The number of benzene rings is 3. The van der Waals surface area contributed by atoms with Crippen LogP contribution in [0.1, 0.15) is 10.4 Å². The molecule has 0 aliphatic carbocycles. The number of amides is 1. The van der Waals surface area contributed by atoms with Gasteiger partial charge in [0.2, 0.25) is 0 Å². The Bertz CT molecular complexity index is 1190. The van der Waals surface area contributed by atoms with Crippen LogP contribution in [0.4, 0.5) is 24.5 Å². The molecule has 0 aliphatic rings. The average Bonchev–Trinajstić information content (AvgIpc) is 2.73. The normalized spacial score (nSPS) is 11.1. The first-order valence-corrected chi connectivity index (χ1v) is 10.1. The maximum Gasteiger partial charge on any atom is 0.269 e. The highest BCUT2D eigenvalue weighted by atomic mass is 35.5. The van der Waals surface area contributed by atoms with Crippen molar-refractivity contribution < 1.29 is 26.4 Å². The Labute approximate surface area is 174 Å². The second-order valence-corrected chi connectivity index (χ2v) is 8.06. The second-order valence-electron chi connectivity index (χ2n) is 5.94. The van der Waals surface area contributed by atoms with E-state index in [1.807, 2.05) is 0 Å². The molecule has 0 heterocycles. The van der Waals surface area contributed by atoms with E-state index in [2.05, 4.69) is 15.6 Å². The molecular weight excluding hydrogens is 443 g/mol. The highest BCUT2D eigenvalue weighted by Crippen LogP contribution is 2.20. The molecular formula is C19H13ClF3N3O3S. The van der Waals surface area contributed by atoms with Crippen molar-refractivity contribution in [2.75, 3.05) is 10.1 Å². The third kappa shape index (κ3) is 4.84. The maximum atomic E-state index is 13.6. The molecule has 3 aromatic carbocycles. The van der Waals surface area contributed by atoms with Crippen molar-refractivity contribution in [1.82, 2.24) is 5.43 Å². The quantitative estimate of drug-likeness (QED) is 0.382. The Hall–Kier alpha value is -3.24. The molecule has 0 saturated heterocycles. The average molecular weight is 456 g/mol. The first-order valence-electron chi connectivity index (χ1n) is 8.26. The molecule has 3 rings (SSSR count). The Kier molecular flexibility index (Phi) is 6.18. The van der Waals surface area contributed by atoms with Crippen molar-refractivity contribution in [1.29, 1.82) is 0 Å². The smallest absolute Gasteiger partial charge is 0.269 e. The summed E-state index contributed by atoms with van der Waals surface area (Å²) in [6.07, 6.45) is 0. The zero-order valence-electron chi connectivity index (χ0n) is 14.9. The monoisotopic (exact) mass is 455 g/mol.